The van der Waals surface area contributed by atoms with E-state index in [-0.39, 0.29) is 12.2 Å². The van der Waals surface area contributed by atoms with E-state index in [2.05, 4.69) is 0 Å². The summed E-state index contributed by atoms with van der Waals surface area (Å²) < 4.78 is 0. The van der Waals surface area contributed by atoms with Gasteiger partial charge in [0.2, 0.25) is 0 Å². The quantitative estimate of drug-likeness (QED) is 0.574. The molecule has 1 aromatic carbocycles. The van der Waals surface area contributed by atoms with Gasteiger partial charge >= 0.3 is 13.1 Å². The van der Waals surface area contributed by atoms with Crippen molar-refractivity contribution in [2.24, 2.45) is 11.7 Å². The third-order valence-electron chi connectivity index (χ3n) is 4.11. The molecule has 0 heterocycles. The molecular formula is C14H20BNO4. The van der Waals surface area contributed by atoms with Crippen LogP contribution in [-0.2, 0) is 17.8 Å². The van der Waals surface area contributed by atoms with Gasteiger partial charge in [0, 0.05) is 6.54 Å². The molecule has 0 aliphatic heterocycles. The molecule has 0 amide bonds. The van der Waals surface area contributed by atoms with Crippen molar-refractivity contribution in [1.82, 2.24) is 0 Å². The van der Waals surface area contributed by atoms with Gasteiger partial charge in [-0.25, -0.2) is 0 Å². The van der Waals surface area contributed by atoms with Crippen LogP contribution in [0.4, 0.5) is 0 Å². The van der Waals surface area contributed by atoms with Crippen molar-refractivity contribution in [1.29, 1.82) is 0 Å². The monoisotopic (exact) mass is 277 g/mol. The lowest BCUT2D eigenvalue weighted by Crippen LogP contribution is -2.18. The highest BCUT2D eigenvalue weighted by Gasteiger charge is 2.38. The molecule has 0 spiro atoms. The maximum Gasteiger partial charge on any atom is 0.451 e. The molecule has 2 atom stereocenters. The van der Waals surface area contributed by atoms with Gasteiger partial charge in [-0.1, -0.05) is 24.6 Å². The van der Waals surface area contributed by atoms with Gasteiger partial charge in [-0.15, -0.1) is 0 Å². The molecule has 5 nitrogen and oxygen atoms in total. The first-order chi connectivity index (χ1) is 9.54. The lowest BCUT2D eigenvalue weighted by Gasteiger charge is -2.16. The van der Waals surface area contributed by atoms with Crippen molar-refractivity contribution in [3.8, 4) is 0 Å². The number of hydrogen-bond acceptors (Lipinski definition) is 4. The number of rotatable bonds is 6. The van der Waals surface area contributed by atoms with Crippen LogP contribution in [-0.4, -0.2) is 28.2 Å². The van der Waals surface area contributed by atoms with Crippen LogP contribution in [0.2, 0.25) is 6.32 Å². The van der Waals surface area contributed by atoms with Crippen LogP contribution in [0.1, 0.15) is 35.4 Å². The molecule has 0 saturated carbocycles. The second kappa shape index (κ2) is 6.39. The summed E-state index contributed by atoms with van der Waals surface area (Å²) in [7, 11) is -1.32. The maximum atomic E-state index is 11.5. The minimum atomic E-state index is -1.32. The smallest absolute Gasteiger partial charge is 0.451 e. The fourth-order valence-corrected chi connectivity index (χ4v) is 3.19. The van der Waals surface area contributed by atoms with Crippen molar-refractivity contribution in [3.05, 3.63) is 34.9 Å². The van der Waals surface area contributed by atoms with Gasteiger partial charge < -0.3 is 20.9 Å². The molecule has 2 rings (SSSR count). The zero-order valence-corrected chi connectivity index (χ0v) is 11.3. The molecule has 0 radical (unpaired) electrons. The molecule has 0 aromatic heterocycles. The van der Waals surface area contributed by atoms with Crippen LogP contribution in [0.3, 0.4) is 0 Å². The molecule has 6 heteroatoms. The summed E-state index contributed by atoms with van der Waals surface area (Å²) in [6.45, 7) is 0.414. The lowest BCUT2D eigenvalue weighted by atomic mass is 9.80. The SMILES string of the molecule is NCc1cccc2c1CC(CCCB(O)O)[C@@H]2C(=O)O. The molecule has 1 aromatic rings. The van der Waals surface area contributed by atoms with Gasteiger partial charge in [-0.2, -0.15) is 0 Å². The number of aliphatic carboxylic acids is 1. The van der Waals surface area contributed by atoms with Crippen molar-refractivity contribution in [2.75, 3.05) is 0 Å². The van der Waals surface area contributed by atoms with Gasteiger partial charge in [-0.05, 0) is 41.8 Å². The molecule has 0 fully saturated rings. The molecule has 108 valence electrons. The van der Waals surface area contributed by atoms with Crippen molar-refractivity contribution >= 4 is 13.1 Å². The van der Waals surface area contributed by atoms with Gasteiger partial charge in [0.1, 0.15) is 0 Å². The molecule has 0 saturated heterocycles. The van der Waals surface area contributed by atoms with E-state index in [9.17, 15) is 9.90 Å². The molecule has 5 N–H and O–H groups in total. The summed E-state index contributed by atoms with van der Waals surface area (Å²) in [5, 5.41) is 27.2. The van der Waals surface area contributed by atoms with Gasteiger partial charge in [0.15, 0.2) is 0 Å². The largest absolute Gasteiger partial charge is 0.481 e. The van der Waals surface area contributed by atoms with Crippen LogP contribution < -0.4 is 5.73 Å². The predicted octanol–water partition coefficient (Wildman–Crippen LogP) is 0.739. The Bertz CT molecular complexity index is 492. The van der Waals surface area contributed by atoms with Crippen LogP contribution in [0, 0.1) is 5.92 Å². The maximum absolute atomic E-state index is 11.5. The molecule has 20 heavy (non-hydrogen) atoms. The molecule has 1 aliphatic carbocycles. The van der Waals surface area contributed by atoms with E-state index in [1.165, 1.54) is 0 Å². The summed E-state index contributed by atoms with van der Waals surface area (Å²) in [5.74, 6) is -1.31. The number of hydrogen-bond donors (Lipinski definition) is 4. The zero-order valence-electron chi connectivity index (χ0n) is 11.3. The number of fused-ring (bicyclic) bond motifs is 1. The summed E-state index contributed by atoms with van der Waals surface area (Å²) >= 11 is 0. The Hall–Kier alpha value is -1.37. The average Bonchev–Trinajstić information content (AvgIpc) is 2.76. The van der Waals surface area contributed by atoms with Crippen LogP contribution in [0.5, 0.6) is 0 Å². The molecule has 1 unspecified atom stereocenters. The summed E-state index contributed by atoms with van der Waals surface area (Å²) in [6, 6.07) is 5.67. The van der Waals surface area contributed by atoms with E-state index >= 15 is 0 Å². The number of carbonyl (C=O) groups is 1. The lowest BCUT2D eigenvalue weighted by molar-refractivity contribution is -0.139. The van der Waals surface area contributed by atoms with E-state index in [1.807, 2.05) is 18.2 Å². The number of nitrogens with two attached hydrogens (primary N) is 1. The van der Waals surface area contributed by atoms with E-state index in [0.29, 0.717) is 25.8 Å². The fourth-order valence-electron chi connectivity index (χ4n) is 3.19. The third kappa shape index (κ3) is 3.03. The first kappa shape index (κ1) is 15.0. The van der Waals surface area contributed by atoms with Gasteiger partial charge in [0.25, 0.3) is 0 Å². The number of benzene rings is 1. The van der Waals surface area contributed by atoms with Crippen molar-refractivity contribution < 1.29 is 19.9 Å². The van der Waals surface area contributed by atoms with E-state index in [4.69, 9.17) is 15.8 Å². The highest BCUT2D eigenvalue weighted by Crippen LogP contribution is 2.42. The minimum absolute atomic E-state index is 0.00829. The Morgan fingerprint density at radius 2 is 2.15 bits per heavy atom. The minimum Gasteiger partial charge on any atom is -0.481 e. The Morgan fingerprint density at radius 3 is 2.75 bits per heavy atom. The Balaban J connectivity index is 2.18. The number of carboxylic acid groups (broad SMARTS) is 1. The van der Waals surface area contributed by atoms with E-state index < -0.39 is 19.0 Å². The Kier molecular flexibility index (Phi) is 4.80. The topological polar surface area (TPSA) is 104 Å². The Morgan fingerprint density at radius 1 is 1.40 bits per heavy atom. The molecule has 0 bridgehead atoms. The average molecular weight is 277 g/mol. The summed E-state index contributed by atoms with van der Waals surface area (Å²) in [6.07, 6.45) is 2.27. The van der Waals surface area contributed by atoms with E-state index in [1.54, 1.807) is 0 Å². The highest BCUT2D eigenvalue weighted by molar-refractivity contribution is 6.40. The first-order valence-corrected chi connectivity index (χ1v) is 6.94. The van der Waals surface area contributed by atoms with Gasteiger partial charge in [-0.3, -0.25) is 4.79 Å². The fraction of sp³-hybridized carbons (Fsp3) is 0.500. The molecule has 1 aliphatic rings. The zero-order chi connectivity index (χ0) is 14.7. The Labute approximate surface area is 118 Å². The highest BCUT2D eigenvalue weighted by atomic mass is 16.4. The normalized spacial score (nSPS) is 20.8. The second-order valence-corrected chi connectivity index (χ2v) is 5.38. The van der Waals surface area contributed by atoms with Crippen LogP contribution >= 0.6 is 0 Å². The van der Waals surface area contributed by atoms with E-state index in [0.717, 1.165) is 16.7 Å². The molecular weight excluding hydrogens is 257 g/mol. The standard InChI is InChI=1S/C14H20BNO4/c16-8-10-3-1-5-11-12(10)7-9(13(11)14(17)18)4-2-6-15(19)20/h1,3,5,9,13,19-20H,2,4,6-8,16H2,(H,17,18)/t9?,13-/m0/s1. The third-order valence-corrected chi connectivity index (χ3v) is 4.11. The van der Waals surface area contributed by atoms with Crippen molar-refractivity contribution in [3.63, 3.8) is 0 Å². The van der Waals surface area contributed by atoms with Crippen molar-refractivity contribution in [2.45, 2.75) is 38.0 Å². The van der Waals surface area contributed by atoms with Gasteiger partial charge in [0.05, 0.1) is 5.92 Å². The summed E-state index contributed by atoms with van der Waals surface area (Å²) in [5.41, 5.74) is 8.67. The first-order valence-electron chi connectivity index (χ1n) is 6.94. The second-order valence-electron chi connectivity index (χ2n) is 5.38. The summed E-state index contributed by atoms with van der Waals surface area (Å²) in [4.78, 5) is 11.5. The predicted molar refractivity (Wildman–Crippen MR) is 76.1 cm³/mol. The number of carboxylic acids is 1. The van der Waals surface area contributed by atoms with Crippen LogP contribution in [0.25, 0.3) is 0 Å². The van der Waals surface area contributed by atoms with Crippen LogP contribution in [0.15, 0.2) is 18.2 Å².